The fraction of sp³-hybridized carbons (Fsp3) is 0.500. The summed E-state index contributed by atoms with van der Waals surface area (Å²) in [6.07, 6.45) is 8.46. The molecular formula is C16H19N3OS. The minimum Gasteiger partial charge on any atom is -0.309 e. The monoisotopic (exact) mass is 301 g/mol. The van der Waals surface area contributed by atoms with Gasteiger partial charge in [-0.1, -0.05) is 12.8 Å². The SMILES string of the molecule is C#CCN[C@@H](C)c1nc2sc3c(c2c(=O)[nH]1)CC[C@H](C)C3. The summed E-state index contributed by atoms with van der Waals surface area (Å²) in [4.78, 5) is 22.2. The van der Waals surface area contributed by atoms with E-state index in [1.165, 1.54) is 10.4 Å². The Labute approximate surface area is 128 Å². The van der Waals surface area contributed by atoms with E-state index in [2.05, 4.69) is 28.1 Å². The molecule has 2 heterocycles. The molecule has 2 aromatic rings. The van der Waals surface area contributed by atoms with E-state index in [0.29, 0.717) is 18.3 Å². The molecule has 0 aliphatic heterocycles. The van der Waals surface area contributed by atoms with Gasteiger partial charge in [0.2, 0.25) is 0 Å². The largest absolute Gasteiger partial charge is 0.309 e. The fourth-order valence-electron chi connectivity index (χ4n) is 2.88. The molecule has 0 spiro atoms. The van der Waals surface area contributed by atoms with E-state index >= 15 is 0 Å². The van der Waals surface area contributed by atoms with E-state index in [1.807, 2.05) is 6.92 Å². The number of rotatable bonds is 3. The van der Waals surface area contributed by atoms with Crippen molar-refractivity contribution in [2.45, 2.75) is 39.2 Å². The van der Waals surface area contributed by atoms with Gasteiger partial charge in [-0.2, -0.15) is 0 Å². The highest BCUT2D eigenvalue weighted by molar-refractivity contribution is 7.18. The van der Waals surface area contributed by atoms with Crippen LogP contribution in [-0.4, -0.2) is 16.5 Å². The number of nitrogens with zero attached hydrogens (tertiary/aromatic N) is 1. The first-order valence-electron chi connectivity index (χ1n) is 7.31. The Morgan fingerprint density at radius 3 is 3.19 bits per heavy atom. The van der Waals surface area contributed by atoms with Crippen molar-refractivity contribution >= 4 is 21.6 Å². The molecule has 0 saturated heterocycles. The second-order valence-electron chi connectivity index (χ2n) is 5.79. The van der Waals surface area contributed by atoms with Crippen LogP contribution < -0.4 is 10.9 Å². The van der Waals surface area contributed by atoms with E-state index in [-0.39, 0.29) is 11.6 Å². The van der Waals surface area contributed by atoms with E-state index in [1.54, 1.807) is 11.3 Å². The van der Waals surface area contributed by atoms with Crippen LogP contribution in [0.3, 0.4) is 0 Å². The predicted molar refractivity (Wildman–Crippen MR) is 86.7 cm³/mol. The van der Waals surface area contributed by atoms with Crippen LogP contribution in [0.15, 0.2) is 4.79 Å². The molecule has 4 nitrogen and oxygen atoms in total. The molecule has 0 aromatic carbocycles. The van der Waals surface area contributed by atoms with Gasteiger partial charge in [-0.25, -0.2) is 4.98 Å². The molecule has 0 amide bonds. The third kappa shape index (κ3) is 2.61. The van der Waals surface area contributed by atoms with Gasteiger partial charge in [-0.3, -0.25) is 10.1 Å². The highest BCUT2D eigenvalue weighted by Gasteiger charge is 2.23. The van der Waals surface area contributed by atoms with Gasteiger partial charge in [0.25, 0.3) is 5.56 Å². The fourth-order valence-corrected chi connectivity index (χ4v) is 4.27. The number of fused-ring (bicyclic) bond motifs is 3. The first-order chi connectivity index (χ1) is 10.1. The number of thiophene rings is 1. The molecule has 2 atom stereocenters. The van der Waals surface area contributed by atoms with Crippen LogP contribution in [0, 0.1) is 18.3 Å². The molecule has 5 heteroatoms. The van der Waals surface area contributed by atoms with Crippen molar-refractivity contribution in [3.8, 4) is 12.3 Å². The summed E-state index contributed by atoms with van der Waals surface area (Å²) in [6.45, 7) is 4.68. The maximum Gasteiger partial charge on any atom is 0.259 e. The smallest absolute Gasteiger partial charge is 0.259 e. The Bertz CT molecular complexity index is 768. The van der Waals surface area contributed by atoms with Crippen molar-refractivity contribution in [3.05, 3.63) is 26.6 Å². The molecule has 3 rings (SSSR count). The van der Waals surface area contributed by atoms with E-state index in [4.69, 9.17) is 6.42 Å². The second-order valence-corrected chi connectivity index (χ2v) is 6.87. The van der Waals surface area contributed by atoms with Crippen molar-refractivity contribution in [2.75, 3.05) is 6.54 Å². The van der Waals surface area contributed by atoms with Crippen LogP contribution >= 0.6 is 11.3 Å². The number of aryl methyl sites for hydroxylation is 1. The zero-order chi connectivity index (χ0) is 15.0. The lowest BCUT2D eigenvalue weighted by Crippen LogP contribution is -2.24. The molecule has 1 aliphatic carbocycles. The molecular weight excluding hydrogens is 282 g/mol. The summed E-state index contributed by atoms with van der Waals surface area (Å²) in [5.41, 5.74) is 1.20. The summed E-state index contributed by atoms with van der Waals surface area (Å²) in [7, 11) is 0. The van der Waals surface area contributed by atoms with Gasteiger partial charge >= 0.3 is 0 Å². The molecule has 21 heavy (non-hydrogen) atoms. The lowest BCUT2D eigenvalue weighted by molar-refractivity contribution is 0.509. The van der Waals surface area contributed by atoms with Gasteiger partial charge in [0.05, 0.1) is 18.0 Å². The number of aromatic amines is 1. The van der Waals surface area contributed by atoms with Crippen molar-refractivity contribution in [2.24, 2.45) is 5.92 Å². The number of hydrogen-bond acceptors (Lipinski definition) is 4. The number of H-pyrrole nitrogens is 1. The van der Waals surface area contributed by atoms with Crippen molar-refractivity contribution < 1.29 is 0 Å². The Kier molecular flexibility index (Phi) is 3.83. The maximum absolute atomic E-state index is 12.4. The zero-order valence-electron chi connectivity index (χ0n) is 12.3. The molecule has 2 N–H and O–H groups in total. The number of aromatic nitrogens is 2. The molecule has 0 radical (unpaired) electrons. The van der Waals surface area contributed by atoms with Crippen molar-refractivity contribution in [3.63, 3.8) is 0 Å². The van der Waals surface area contributed by atoms with Gasteiger partial charge in [0.15, 0.2) is 0 Å². The minimum absolute atomic E-state index is 0.0172. The van der Waals surface area contributed by atoms with Crippen molar-refractivity contribution in [1.29, 1.82) is 0 Å². The van der Waals surface area contributed by atoms with E-state index in [0.717, 1.165) is 29.5 Å². The molecule has 110 valence electrons. The zero-order valence-corrected chi connectivity index (χ0v) is 13.1. The number of hydrogen-bond donors (Lipinski definition) is 2. The lowest BCUT2D eigenvalue weighted by Gasteiger charge is -2.17. The summed E-state index contributed by atoms with van der Waals surface area (Å²) >= 11 is 1.67. The molecule has 2 aromatic heterocycles. The van der Waals surface area contributed by atoms with E-state index in [9.17, 15) is 4.79 Å². The van der Waals surface area contributed by atoms with Crippen LogP contribution in [0.4, 0.5) is 0 Å². The Morgan fingerprint density at radius 1 is 1.62 bits per heavy atom. The maximum atomic E-state index is 12.4. The Hall–Kier alpha value is -1.64. The van der Waals surface area contributed by atoms with Gasteiger partial charge in [0.1, 0.15) is 10.7 Å². The van der Waals surface area contributed by atoms with Gasteiger partial charge in [-0.05, 0) is 37.7 Å². The quantitative estimate of drug-likeness (QED) is 0.856. The van der Waals surface area contributed by atoms with Crippen LogP contribution in [-0.2, 0) is 12.8 Å². The summed E-state index contributed by atoms with van der Waals surface area (Å²) in [6, 6.07) is -0.0591. The average molecular weight is 301 g/mol. The summed E-state index contributed by atoms with van der Waals surface area (Å²) in [5.74, 6) is 3.89. The Morgan fingerprint density at radius 2 is 2.43 bits per heavy atom. The predicted octanol–water partition coefficient (Wildman–Crippen LogP) is 2.39. The first kappa shape index (κ1) is 14.3. The minimum atomic E-state index is -0.0591. The third-order valence-electron chi connectivity index (χ3n) is 4.10. The highest BCUT2D eigenvalue weighted by Crippen LogP contribution is 2.35. The molecule has 0 fully saturated rings. The van der Waals surface area contributed by atoms with Gasteiger partial charge < -0.3 is 4.98 Å². The van der Waals surface area contributed by atoms with Crippen molar-refractivity contribution in [1.82, 2.24) is 15.3 Å². The van der Waals surface area contributed by atoms with Crippen LogP contribution in [0.2, 0.25) is 0 Å². The van der Waals surface area contributed by atoms with Crippen LogP contribution in [0.1, 0.15) is 42.6 Å². The summed E-state index contributed by atoms with van der Waals surface area (Å²) in [5, 5.41) is 3.95. The van der Waals surface area contributed by atoms with Crippen LogP contribution in [0.25, 0.3) is 10.2 Å². The molecule has 0 bridgehead atoms. The topological polar surface area (TPSA) is 57.8 Å². The highest BCUT2D eigenvalue weighted by atomic mass is 32.1. The number of nitrogens with one attached hydrogen (secondary N) is 2. The first-order valence-corrected chi connectivity index (χ1v) is 8.13. The van der Waals surface area contributed by atoms with Gasteiger partial charge in [-0.15, -0.1) is 17.8 Å². The van der Waals surface area contributed by atoms with E-state index < -0.39 is 0 Å². The summed E-state index contributed by atoms with van der Waals surface area (Å²) < 4.78 is 0. The Balaban J connectivity index is 2.05. The van der Waals surface area contributed by atoms with Crippen LogP contribution in [0.5, 0.6) is 0 Å². The second kappa shape index (κ2) is 5.63. The average Bonchev–Trinajstić information content (AvgIpc) is 2.82. The standard InChI is InChI=1S/C16H19N3OS/c1-4-7-17-10(3)14-18-15(20)13-11-6-5-9(2)8-12(11)21-16(13)19-14/h1,9-10,17H,5-8H2,2-3H3,(H,18,19,20)/t9-,10-/m0/s1. The third-order valence-corrected chi connectivity index (χ3v) is 5.25. The number of terminal acetylenes is 1. The molecule has 0 unspecified atom stereocenters. The molecule has 0 saturated carbocycles. The lowest BCUT2D eigenvalue weighted by atomic mass is 9.89. The normalized spacial score (nSPS) is 19.2. The van der Waals surface area contributed by atoms with Gasteiger partial charge in [0, 0.05) is 4.88 Å². The molecule has 1 aliphatic rings.